The van der Waals surface area contributed by atoms with Crippen LogP contribution in [0, 0.1) is 11.9 Å². The quantitative estimate of drug-likeness (QED) is 0.249. The first kappa shape index (κ1) is 32.4. The standard InChI is InChI=1S/C14H14Cl2FN3O3S.C13H12Cl2FN3O/c1-24(22,23)18-11-6-8(9(15)7-10(11)16)12-13(17)19-4-2-3-5-20(19)14(12)21;14-8-6-9(15)10(17)5-7(8)11-12(16)18-3-1-2-4-19(18)13(11)20/h6-7,18H,2-5H2,1H3;5-6H,1-4,17H2. The number of nitrogens with two attached hydrogens (primary N) is 1. The fourth-order valence-corrected chi connectivity index (χ4v) is 6.91. The van der Waals surface area contributed by atoms with Gasteiger partial charge in [-0.15, -0.1) is 0 Å². The lowest BCUT2D eigenvalue weighted by atomic mass is 10.1. The Morgan fingerprint density at radius 3 is 1.52 bits per heavy atom. The number of nitrogens with one attached hydrogen (secondary N) is 1. The Labute approximate surface area is 270 Å². The number of hydrogen-bond donors (Lipinski definition) is 2. The van der Waals surface area contributed by atoms with Crippen molar-refractivity contribution in [1.29, 1.82) is 0 Å². The normalized spacial score (nSPS) is 14.4. The summed E-state index contributed by atoms with van der Waals surface area (Å²) in [5, 5.41) is 0.615. The van der Waals surface area contributed by atoms with Crippen LogP contribution in [0.4, 0.5) is 20.2 Å². The first-order valence-corrected chi connectivity index (χ1v) is 16.8. The van der Waals surface area contributed by atoms with Crippen LogP contribution in [0.5, 0.6) is 0 Å². The smallest absolute Gasteiger partial charge is 0.277 e. The highest BCUT2D eigenvalue weighted by atomic mass is 35.5. The number of benzene rings is 2. The maximum atomic E-state index is 14.7. The number of fused-ring (bicyclic) bond motifs is 2. The van der Waals surface area contributed by atoms with Crippen LogP contribution in [0.1, 0.15) is 25.7 Å². The summed E-state index contributed by atoms with van der Waals surface area (Å²) < 4.78 is 59.7. The molecule has 2 aliphatic heterocycles. The van der Waals surface area contributed by atoms with Crippen LogP contribution >= 0.6 is 46.4 Å². The Kier molecular flexibility index (Phi) is 9.16. The number of nitrogen functional groups attached to an aromatic ring is 1. The topological polar surface area (TPSA) is 126 Å². The number of sulfonamides is 1. The number of nitrogens with zero attached hydrogens (tertiary/aromatic N) is 4. The van der Waals surface area contributed by atoms with Crippen molar-refractivity contribution in [3.63, 3.8) is 0 Å². The molecule has 17 heteroatoms. The van der Waals surface area contributed by atoms with Gasteiger partial charge in [-0.3, -0.25) is 23.7 Å². The fraction of sp³-hybridized carbons (Fsp3) is 0.333. The monoisotopic (exact) mass is 708 g/mol. The molecule has 236 valence electrons. The van der Waals surface area contributed by atoms with Crippen molar-refractivity contribution >= 4 is 67.8 Å². The van der Waals surface area contributed by atoms with Gasteiger partial charge in [-0.2, -0.15) is 8.78 Å². The van der Waals surface area contributed by atoms with E-state index in [4.69, 9.17) is 52.1 Å². The molecule has 44 heavy (non-hydrogen) atoms. The molecule has 10 nitrogen and oxygen atoms in total. The van der Waals surface area contributed by atoms with Gasteiger partial charge in [0.15, 0.2) is 0 Å². The predicted molar refractivity (Wildman–Crippen MR) is 170 cm³/mol. The molecule has 2 aliphatic rings. The zero-order valence-corrected chi connectivity index (χ0v) is 27.0. The molecule has 3 N–H and O–H groups in total. The Balaban J connectivity index is 0.000000177. The largest absolute Gasteiger partial charge is 0.398 e. The molecule has 0 aliphatic carbocycles. The third kappa shape index (κ3) is 6.12. The van der Waals surface area contributed by atoms with E-state index in [1.165, 1.54) is 43.0 Å². The first-order valence-electron chi connectivity index (χ1n) is 13.4. The van der Waals surface area contributed by atoms with Gasteiger partial charge in [0.1, 0.15) is 11.1 Å². The van der Waals surface area contributed by atoms with Crippen molar-refractivity contribution in [2.45, 2.75) is 51.9 Å². The van der Waals surface area contributed by atoms with Gasteiger partial charge in [0.05, 0.1) is 37.7 Å². The summed E-state index contributed by atoms with van der Waals surface area (Å²) in [6.45, 7) is 1.83. The van der Waals surface area contributed by atoms with E-state index in [-0.39, 0.29) is 59.3 Å². The van der Waals surface area contributed by atoms with Gasteiger partial charge in [0.25, 0.3) is 11.1 Å². The second-order valence-electron chi connectivity index (χ2n) is 10.4. The third-order valence-electron chi connectivity index (χ3n) is 7.30. The first-order chi connectivity index (χ1) is 20.7. The summed E-state index contributed by atoms with van der Waals surface area (Å²) in [6, 6.07) is 5.43. The van der Waals surface area contributed by atoms with Crippen molar-refractivity contribution in [2.24, 2.45) is 0 Å². The molecule has 6 rings (SSSR count). The SMILES string of the molecule is CS(=O)(=O)Nc1cc(-c2c(F)n3n(c2=O)CCCC3)c(Cl)cc1Cl.Nc1cc(-c2c(F)n3n(c2=O)CCCC3)c(Cl)cc1Cl. The van der Waals surface area contributed by atoms with E-state index in [2.05, 4.69) is 4.72 Å². The molecule has 0 fully saturated rings. The summed E-state index contributed by atoms with van der Waals surface area (Å²) in [7, 11) is -3.59. The van der Waals surface area contributed by atoms with Crippen molar-refractivity contribution in [3.8, 4) is 22.3 Å². The van der Waals surface area contributed by atoms with Gasteiger partial charge in [-0.25, -0.2) is 17.8 Å². The van der Waals surface area contributed by atoms with Crippen LogP contribution < -0.4 is 21.6 Å². The molecule has 4 aromatic rings. The second kappa shape index (κ2) is 12.4. The van der Waals surface area contributed by atoms with Crippen LogP contribution in [-0.2, 0) is 36.2 Å². The molecular weight excluding hydrogens is 684 g/mol. The van der Waals surface area contributed by atoms with Crippen molar-refractivity contribution in [2.75, 3.05) is 16.7 Å². The van der Waals surface area contributed by atoms with E-state index < -0.39 is 27.5 Å². The summed E-state index contributed by atoms with van der Waals surface area (Å²) in [5.41, 5.74) is 5.29. The fourth-order valence-electron chi connectivity index (χ4n) is 5.28. The highest BCUT2D eigenvalue weighted by Gasteiger charge is 2.27. The Morgan fingerprint density at radius 2 is 1.09 bits per heavy atom. The van der Waals surface area contributed by atoms with Crippen molar-refractivity contribution in [3.05, 3.63) is 77.0 Å². The van der Waals surface area contributed by atoms with Gasteiger partial charge < -0.3 is 5.73 Å². The minimum absolute atomic E-state index is 0.0338. The molecule has 0 radical (unpaired) electrons. The Morgan fingerprint density at radius 1 is 0.682 bits per heavy atom. The van der Waals surface area contributed by atoms with Gasteiger partial charge in [0.2, 0.25) is 21.9 Å². The highest BCUT2D eigenvalue weighted by molar-refractivity contribution is 7.92. The van der Waals surface area contributed by atoms with Crippen molar-refractivity contribution < 1.29 is 17.2 Å². The number of rotatable bonds is 4. The van der Waals surface area contributed by atoms with Gasteiger partial charge in [-0.1, -0.05) is 46.4 Å². The summed E-state index contributed by atoms with van der Waals surface area (Å²) in [4.78, 5) is 24.9. The van der Waals surface area contributed by atoms with Gasteiger partial charge >= 0.3 is 0 Å². The molecule has 0 saturated heterocycles. The number of anilines is 2. The molecular formula is C27H26Cl4F2N6O4S. The number of hydrogen-bond acceptors (Lipinski definition) is 5. The zero-order valence-electron chi connectivity index (χ0n) is 23.1. The second-order valence-corrected chi connectivity index (χ2v) is 13.8. The predicted octanol–water partition coefficient (Wildman–Crippen LogP) is 6.07. The Bertz CT molecular complexity index is 2020. The van der Waals surface area contributed by atoms with Crippen LogP contribution in [0.15, 0.2) is 33.9 Å². The van der Waals surface area contributed by atoms with Crippen LogP contribution in [0.3, 0.4) is 0 Å². The van der Waals surface area contributed by atoms with Crippen LogP contribution in [-0.4, -0.2) is 33.4 Å². The molecule has 2 aromatic carbocycles. The average molecular weight is 710 g/mol. The lowest BCUT2D eigenvalue weighted by Gasteiger charge is -2.16. The van der Waals surface area contributed by atoms with E-state index in [0.717, 1.165) is 31.9 Å². The molecule has 0 atom stereocenters. The van der Waals surface area contributed by atoms with Gasteiger partial charge in [-0.05, 0) is 49.9 Å². The van der Waals surface area contributed by atoms with E-state index in [1.54, 1.807) is 0 Å². The van der Waals surface area contributed by atoms with Gasteiger partial charge in [0, 0.05) is 37.3 Å². The molecule has 0 amide bonds. The van der Waals surface area contributed by atoms with E-state index in [9.17, 15) is 26.8 Å². The summed E-state index contributed by atoms with van der Waals surface area (Å²) >= 11 is 24.1. The maximum absolute atomic E-state index is 14.7. The minimum Gasteiger partial charge on any atom is -0.398 e. The lowest BCUT2D eigenvalue weighted by Crippen LogP contribution is -2.27. The Hall–Kier alpha value is -2.97. The molecule has 0 saturated carbocycles. The minimum atomic E-state index is -3.59. The molecule has 2 aromatic heterocycles. The average Bonchev–Trinajstić information content (AvgIpc) is 3.36. The summed E-state index contributed by atoms with van der Waals surface area (Å²) in [6.07, 6.45) is 4.24. The van der Waals surface area contributed by atoms with Crippen molar-refractivity contribution in [1.82, 2.24) is 18.7 Å². The molecule has 0 bridgehead atoms. The van der Waals surface area contributed by atoms with E-state index in [1.807, 2.05) is 0 Å². The molecule has 4 heterocycles. The van der Waals surface area contributed by atoms with E-state index in [0.29, 0.717) is 26.2 Å². The zero-order chi connectivity index (χ0) is 32.1. The van der Waals surface area contributed by atoms with Crippen LogP contribution in [0.25, 0.3) is 22.3 Å². The molecule has 0 unspecified atom stereocenters. The third-order valence-corrected chi connectivity index (χ3v) is 9.16. The van der Waals surface area contributed by atoms with Crippen LogP contribution in [0.2, 0.25) is 20.1 Å². The maximum Gasteiger partial charge on any atom is 0.277 e. The highest BCUT2D eigenvalue weighted by Crippen LogP contribution is 2.37. The number of aromatic nitrogens is 4. The lowest BCUT2D eigenvalue weighted by molar-refractivity contribution is 0.310. The molecule has 0 spiro atoms. The summed E-state index contributed by atoms with van der Waals surface area (Å²) in [5.74, 6) is -1.26. The number of halogens is 6. The van der Waals surface area contributed by atoms with E-state index >= 15 is 0 Å².